The smallest absolute Gasteiger partial charge is 0.255 e. The van der Waals surface area contributed by atoms with E-state index in [4.69, 9.17) is 0 Å². The van der Waals surface area contributed by atoms with Crippen LogP contribution < -0.4 is 5.32 Å². The predicted molar refractivity (Wildman–Crippen MR) is 79.7 cm³/mol. The lowest BCUT2D eigenvalue weighted by molar-refractivity contribution is 0.102. The van der Waals surface area contributed by atoms with Crippen molar-refractivity contribution in [2.75, 3.05) is 5.32 Å². The molecule has 0 aromatic heterocycles. The Balaban J connectivity index is 2.22. The van der Waals surface area contributed by atoms with Gasteiger partial charge in [-0.3, -0.25) is 4.79 Å². The van der Waals surface area contributed by atoms with Crippen molar-refractivity contribution in [3.8, 4) is 5.75 Å². The van der Waals surface area contributed by atoms with E-state index in [0.29, 0.717) is 11.1 Å². The van der Waals surface area contributed by atoms with Crippen LogP contribution in [0.5, 0.6) is 5.75 Å². The number of rotatable bonds is 2. The normalized spacial score (nSPS) is 10.3. The first kappa shape index (κ1) is 13.6. The van der Waals surface area contributed by atoms with Crippen LogP contribution in [0.4, 0.5) is 5.69 Å². The first-order valence-corrected chi connectivity index (χ1v) is 6.63. The maximum Gasteiger partial charge on any atom is 0.255 e. The fraction of sp³-hybridized carbons (Fsp3) is 0.133. The fourth-order valence-corrected chi connectivity index (χ4v) is 2.42. The Morgan fingerprint density at radius 2 is 1.89 bits per heavy atom. The molecule has 0 aliphatic carbocycles. The van der Waals surface area contributed by atoms with Crippen molar-refractivity contribution in [2.24, 2.45) is 0 Å². The topological polar surface area (TPSA) is 49.3 Å². The van der Waals surface area contributed by atoms with E-state index >= 15 is 0 Å². The van der Waals surface area contributed by atoms with Gasteiger partial charge in [0.15, 0.2) is 0 Å². The second kappa shape index (κ2) is 5.45. The third-order valence-corrected chi connectivity index (χ3v) is 3.22. The van der Waals surface area contributed by atoms with Gasteiger partial charge >= 0.3 is 0 Å². The van der Waals surface area contributed by atoms with Gasteiger partial charge in [0.05, 0.1) is 0 Å². The lowest BCUT2D eigenvalue weighted by Gasteiger charge is -2.08. The summed E-state index contributed by atoms with van der Waals surface area (Å²) in [6.45, 7) is 3.72. The highest BCUT2D eigenvalue weighted by atomic mass is 79.9. The summed E-state index contributed by atoms with van der Waals surface area (Å²) in [7, 11) is 0. The highest BCUT2D eigenvalue weighted by molar-refractivity contribution is 9.10. The average Bonchev–Trinajstić information content (AvgIpc) is 2.31. The van der Waals surface area contributed by atoms with Crippen LogP contribution in [0.1, 0.15) is 21.5 Å². The molecule has 2 aromatic carbocycles. The van der Waals surface area contributed by atoms with Crippen LogP contribution in [-0.2, 0) is 0 Å². The van der Waals surface area contributed by atoms with Gasteiger partial charge in [0.25, 0.3) is 5.91 Å². The molecule has 0 fully saturated rings. The summed E-state index contributed by atoms with van der Waals surface area (Å²) in [4.78, 5) is 12.1. The van der Waals surface area contributed by atoms with Crippen LogP contribution in [-0.4, -0.2) is 11.0 Å². The average molecular weight is 320 g/mol. The summed E-state index contributed by atoms with van der Waals surface area (Å²) in [5, 5.41) is 12.3. The molecule has 2 N–H and O–H groups in total. The monoisotopic (exact) mass is 319 g/mol. The molecule has 0 heterocycles. The van der Waals surface area contributed by atoms with Gasteiger partial charge in [-0.05, 0) is 61.4 Å². The van der Waals surface area contributed by atoms with Crippen LogP contribution in [0, 0.1) is 13.8 Å². The number of hydrogen-bond donors (Lipinski definition) is 2. The van der Waals surface area contributed by atoms with Gasteiger partial charge in [0, 0.05) is 15.7 Å². The molecular weight excluding hydrogens is 306 g/mol. The number of aromatic hydroxyl groups is 1. The van der Waals surface area contributed by atoms with Crippen LogP contribution in [0.2, 0.25) is 0 Å². The molecule has 0 aliphatic heterocycles. The van der Waals surface area contributed by atoms with E-state index in [1.807, 2.05) is 25.1 Å². The van der Waals surface area contributed by atoms with Crippen molar-refractivity contribution in [1.82, 2.24) is 0 Å². The Bertz CT molecular complexity index is 618. The number of aryl methyl sites for hydroxylation is 2. The molecule has 0 radical (unpaired) electrons. The maximum absolute atomic E-state index is 12.1. The lowest BCUT2D eigenvalue weighted by atomic mass is 10.1. The zero-order valence-corrected chi connectivity index (χ0v) is 12.3. The summed E-state index contributed by atoms with van der Waals surface area (Å²) >= 11 is 3.40. The quantitative estimate of drug-likeness (QED) is 0.878. The van der Waals surface area contributed by atoms with E-state index in [1.54, 1.807) is 19.1 Å². The molecular formula is C15H14BrNO2. The number of hydrogen-bond acceptors (Lipinski definition) is 2. The Labute approximate surface area is 120 Å². The molecule has 2 rings (SSSR count). The van der Waals surface area contributed by atoms with E-state index in [1.165, 1.54) is 6.07 Å². The molecule has 0 bridgehead atoms. The van der Waals surface area contributed by atoms with Crippen molar-refractivity contribution in [3.63, 3.8) is 0 Å². The van der Waals surface area contributed by atoms with E-state index in [2.05, 4.69) is 21.2 Å². The van der Waals surface area contributed by atoms with Crippen molar-refractivity contribution in [3.05, 3.63) is 57.6 Å². The van der Waals surface area contributed by atoms with Crippen LogP contribution in [0.25, 0.3) is 0 Å². The van der Waals surface area contributed by atoms with Gasteiger partial charge in [-0.25, -0.2) is 0 Å². The molecule has 4 heteroatoms. The standard InChI is InChI=1S/C15H14BrNO2/c1-9-5-12(16)8-13(6-9)17-15(19)11-3-4-14(18)10(2)7-11/h3-8,18H,1-2H3,(H,17,19). The van der Waals surface area contributed by atoms with Gasteiger partial charge in [-0.2, -0.15) is 0 Å². The lowest BCUT2D eigenvalue weighted by Crippen LogP contribution is -2.12. The minimum absolute atomic E-state index is 0.190. The van der Waals surface area contributed by atoms with Gasteiger partial charge in [-0.15, -0.1) is 0 Å². The zero-order chi connectivity index (χ0) is 14.0. The largest absolute Gasteiger partial charge is 0.508 e. The molecule has 0 saturated carbocycles. The first-order valence-electron chi connectivity index (χ1n) is 5.84. The number of amides is 1. The molecule has 3 nitrogen and oxygen atoms in total. The summed E-state index contributed by atoms with van der Waals surface area (Å²) in [6.07, 6.45) is 0. The Morgan fingerprint density at radius 1 is 1.16 bits per heavy atom. The second-order valence-electron chi connectivity index (χ2n) is 4.47. The molecule has 19 heavy (non-hydrogen) atoms. The van der Waals surface area contributed by atoms with E-state index in [0.717, 1.165) is 15.7 Å². The number of carbonyl (C=O) groups is 1. The highest BCUT2D eigenvalue weighted by Crippen LogP contribution is 2.21. The van der Waals surface area contributed by atoms with Crippen molar-refractivity contribution < 1.29 is 9.90 Å². The van der Waals surface area contributed by atoms with Crippen LogP contribution in [0.3, 0.4) is 0 Å². The molecule has 2 aromatic rings. The molecule has 0 saturated heterocycles. The van der Waals surface area contributed by atoms with E-state index in [-0.39, 0.29) is 11.7 Å². The third kappa shape index (κ3) is 3.35. The molecule has 0 unspecified atom stereocenters. The minimum atomic E-state index is -0.194. The van der Waals surface area contributed by atoms with Crippen LogP contribution in [0.15, 0.2) is 40.9 Å². The SMILES string of the molecule is Cc1cc(Br)cc(NC(=O)c2ccc(O)c(C)c2)c1. The summed E-state index contributed by atoms with van der Waals surface area (Å²) in [5.41, 5.74) is 3.00. The van der Waals surface area contributed by atoms with Gasteiger partial charge in [-0.1, -0.05) is 15.9 Å². The Morgan fingerprint density at radius 3 is 2.53 bits per heavy atom. The van der Waals surface area contributed by atoms with Crippen LogP contribution >= 0.6 is 15.9 Å². The number of anilines is 1. The van der Waals surface area contributed by atoms with Gasteiger partial charge in [0.2, 0.25) is 0 Å². The van der Waals surface area contributed by atoms with Crippen molar-refractivity contribution in [1.29, 1.82) is 0 Å². The van der Waals surface area contributed by atoms with Crippen molar-refractivity contribution >= 4 is 27.5 Å². The number of nitrogens with one attached hydrogen (secondary N) is 1. The number of phenols is 1. The van der Waals surface area contributed by atoms with Gasteiger partial charge < -0.3 is 10.4 Å². The number of phenolic OH excluding ortho intramolecular Hbond substituents is 1. The third-order valence-electron chi connectivity index (χ3n) is 2.76. The van der Waals surface area contributed by atoms with Gasteiger partial charge in [0.1, 0.15) is 5.75 Å². The Kier molecular flexibility index (Phi) is 3.90. The number of benzene rings is 2. The highest BCUT2D eigenvalue weighted by Gasteiger charge is 2.08. The maximum atomic E-state index is 12.1. The van der Waals surface area contributed by atoms with E-state index in [9.17, 15) is 9.90 Å². The number of halogens is 1. The summed E-state index contributed by atoms with van der Waals surface area (Å²) < 4.78 is 0.921. The minimum Gasteiger partial charge on any atom is -0.508 e. The predicted octanol–water partition coefficient (Wildman–Crippen LogP) is 4.02. The summed E-state index contributed by atoms with van der Waals surface area (Å²) in [5.74, 6) is -0.00421. The molecule has 0 spiro atoms. The zero-order valence-electron chi connectivity index (χ0n) is 10.7. The molecule has 98 valence electrons. The second-order valence-corrected chi connectivity index (χ2v) is 5.39. The molecule has 0 aliphatic rings. The number of carbonyl (C=O) groups excluding carboxylic acids is 1. The molecule has 0 atom stereocenters. The first-order chi connectivity index (χ1) is 8.95. The summed E-state index contributed by atoms with van der Waals surface area (Å²) in [6, 6.07) is 10.5. The molecule has 1 amide bonds. The van der Waals surface area contributed by atoms with Crippen molar-refractivity contribution in [2.45, 2.75) is 13.8 Å². The Hall–Kier alpha value is -1.81. The fourth-order valence-electron chi connectivity index (χ4n) is 1.81. The van der Waals surface area contributed by atoms with E-state index < -0.39 is 0 Å².